The Bertz CT molecular complexity index is 145. The van der Waals surface area contributed by atoms with Crippen LogP contribution in [0.2, 0.25) is 0 Å². The molecule has 0 aliphatic rings. The van der Waals surface area contributed by atoms with Crippen LogP contribution in [0.3, 0.4) is 0 Å². The highest BCUT2D eigenvalue weighted by Gasteiger charge is 2.12. The second-order valence-corrected chi connectivity index (χ2v) is 3.54. The monoisotopic (exact) mass is 173 g/mol. The van der Waals surface area contributed by atoms with Crippen molar-refractivity contribution in [2.24, 2.45) is 0 Å². The van der Waals surface area contributed by atoms with Crippen LogP contribution >= 0.6 is 0 Å². The fourth-order valence-corrected chi connectivity index (χ4v) is 1.04. The molecule has 1 unspecified atom stereocenters. The van der Waals surface area contributed by atoms with E-state index in [1.807, 2.05) is 7.05 Å². The van der Waals surface area contributed by atoms with Crippen molar-refractivity contribution in [3.63, 3.8) is 0 Å². The van der Waals surface area contributed by atoms with Gasteiger partial charge in [-0.05, 0) is 34.2 Å². The molecule has 0 aliphatic heterocycles. The molecule has 0 amide bonds. The Morgan fingerprint density at radius 1 is 1.42 bits per heavy atom. The highest BCUT2D eigenvalue weighted by molar-refractivity contribution is 5.66. The molecule has 72 valence electrons. The summed E-state index contributed by atoms with van der Waals surface area (Å²) < 4.78 is 0. The van der Waals surface area contributed by atoms with Crippen molar-refractivity contribution in [1.82, 2.24) is 4.90 Å². The summed E-state index contributed by atoms with van der Waals surface area (Å²) in [6.07, 6.45) is 0.988. The second kappa shape index (κ2) is 5.14. The van der Waals surface area contributed by atoms with Gasteiger partial charge in [-0.1, -0.05) is 0 Å². The van der Waals surface area contributed by atoms with Crippen molar-refractivity contribution in [3.8, 4) is 0 Å². The first kappa shape index (κ1) is 11.4. The van der Waals surface area contributed by atoms with Gasteiger partial charge in [0.2, 0.25) is 0 Å². The topological polar surface area (TPSA) is 40.5 Å². The van der Waals surface area contributed by atoms with Crippen LogP contribution in [-0.2, 0) is 4.79 Å². The van der Waals surface area contributed by atoms with Gasteiger partial charge in [0.15, 0.2) is 0 Å². The van der Waals surface area contributed by atoms with E-state index >= 15 is 0 Å². The average Bonchev–Trinajstić information content (AvgIpc) is 1.98. The highest BCUT2D eigenvalue weighted by atomic mass is 16.4. The van der Waals surface area contributed by atoms with Crippen molar-refractivity contribution < 1.29 is 9.90 Å². The fraction of sp³-hybridized carbons (Fsp3) is 0.889. The van der Waals surface area contributed by atoms with E-state index in [1.54, 1.807) is 0 Å². The lowest BCUT2D eigenvalue weighted by molar-refractivity contribution is -0.137. The molecule has 0 heterocycles. The number of carboxylic acids is 1. The first-order chi connectivity index (χ1) is 5.45. The summed E-state index contributed by atoms with van der Waals surface area (Å²) in [4.78, 5) is 12.5. The minimum Gasteiger partial charge on any atom is -0.481 e. The van der Waals surface area contributed by atoms with Gasteiger partial charge in [0.1, 0.15) is 0 Å². The molecule has 3 nitrogen and oxygen atoms in total. The van der Waals surface area contributed by atoms with Gasteiger partial charge in [0.25, 0.3) is 0 Å². The van der Waals surface area contributed by atoms with Crippen LogP contribution in [0.25, 0.3) is 0 Å². The lowest BCUT2D eigenvalue weighted by Gasteiger charge is -2.27. The number of hydrogen-bond donors (Lipinski definition) is 1. The first-order valence-corrected chi connectivity index (χ1v) is 4.39. The smallest absolute Gasteiger partial charge is 0.303 e. The fourth-order valence-electron chi connectivity index (χ4n) is 1.04. The molecule has 1 N–H and O–H groups in total. The van der Waals surface area contributed by atoms with E-state index in [-0.39, 0.29) is 6.42 Å². The molecule has 0 aromatic carbocycles. The molecule has 0 rings (SSSR count). The van der Waals surface area contributed by atoms with E-state index < -0.39 is 5.97 Å². The maximum absolute atomic E-state index is 10.3. The molecule has 0 bridgehead atoms. The van der Waals surface area contributed by atoms with Gasteiger partial charge in [0.05, 0.1) is 0 Å². The van der Waals surface area contributed by atoms with Gasteiger partial charge in [-0.15, -0.1) is 0 Å². The van der Waals surface area contributed by atoms with Crippen molar-refractivity contribution >= 4 is 5.97 Å². The number of carbonyl (C=O) groups is 1. The first-order valence-electron chi connectivity index (χ1n) is 4.39. The summed E-state index contributed by atoms with van der Waals surface area (Å²) in [6.45, 7) is 6.28. The summed E-state index contributed by atoms with van der Waals surface area (Å²) in [5.74, 6) is -0.709. The third-order valence-electron chi connectivity index (χ3n) is 2.29. The molecule has 0 radical (unpaired) electrons. The predicted molar refractivity (Wildman–Crippen MR) is 49.2 cm³/mol. The molecule has 1 atom stereocenters. The van der Waals surface area contributed by atoms with E-state index in [1.165, 1.54) is 0 Å². The van der Waals surface area contributed by atoms with Gasteiger partial charge in [0, 0.05) is 18.5 Å². The largest absolute Gasteiger partial charge is 0.481 e. The number of hydrogen-bond acceptors (Lipinski definition) is 2. The number of aliphatic carboxylic acids is 1. The highest BCUT2D eigenvalue weighted by Crippen LogP contribution is 2.07. The lowest BCUT2D eigenvalue weighted by Crippen LogP contribution is -2.35. The molecule has 0 saturated heterocycles. The molecule has 0 fully saturated rings. The molecule has 12 heavy (non-hydrogen) atoms. The maximum atomic E-state index is 10.3. The van der Waals surface area contributed by atoms with E-state index in [0.717, 1.165) is 6.42 Å². The Balaban J connectivity index is 3.71. The van der Waals surface area contributed by atoms with Gasteiger partial charge in [-0.2, -0.15) is 0 Å². The summed E-state index contributed by atoms with van der Waals surface area (Å²) in [6, 6.07) is 0.829. The Morgan fingerprint density at radius 2 is 1.92 bits per heavy atom. The molecular formula is C9H19NO2. The van der Waals surface area contributed by atoms with E-state index in [9.17, 15) is 4.79 Å². The molecule has 0 aromatic heterocycles. The summed E-state index contributed by atoms with van der Waals surface area (Å²) in [7, 11) is 2.02. The third kappa shape index (κ3) is 4.34. The van der Waals surface area contributed by atoms with Gasteiger partial charge < -0.3 is 10.0 Å². The Morgan fingerprint density at radius 3 is 2.25 bits per heavy atom. The lowest BCUT2D eigenvalue weighted by atomic mass is 10.1. The average molecular weight is 173 g/mol. The molecule has 0 aromatic rings. The van der Waals surface area contributed by atoms with E-state index in [4.69, 9.17) is 5.11 Å². The van der Waals surface area contributed by atoms with Crippen molar-refractivity contribution in [1.29, 1.82) is 0 Å². The van der Waals surface area contributed by atoms with Crippen LogP contribution in [0.1, 0.15) is 33.6 Å². The van der Waals surface area contributed by atoms with Crippen molar-refractivity contribution in [2.75, 3.05) is 7.05 Å². The number of rotatable bonds is 5. The standard InChI is InChI=1S/C9H19NO2/c1-7(2)10(4)8(3)5-6-9(11)12/h7-8H,5-6H2,1-4H3,(H,11,12). The van der Waals surface area contributed by atoms with Crippen molar-refractivity contribution in [2.45, 2.75) is 45.7 Å². The number of carboxylic acid groups (broad SMARTS) is 1. The van der Waals surface area contributed by atoms with Crippen LogP contribution in [0, 0.1) is 0 Å². The van der Waals surface area contributed by atoms with E-state index in [0.29, 0.717) is 12.1 Å². The quantitative estimate of drug-likeness (QED) is 0.686. The molecule has 0 aliphatic carbocycles. The number of nitrogens with zero attached hydrogens (tertiary/aromatic N) is 1. The SMILES string of the molecule is CC(C)N(C)C(C)CCC(=O)O. The normalized spacial score (nSPS) is 13.8. The van der Waals surface area contributed by atoms with Crippen LogP contribution in [0.15, 0.2) is 0 Å². The van der Waals surface area contributed by atoms with Gasteiger partial charge in [-0.25, -0.2) is 0 Å². The Hall–Kier alpha value is -0.570. The minimum absolute atomic E-state index is 0.262. The summed E-state index contributed by atoms with van der Waals surface area (Å²) in [5.41, 5.74) is 0. The predicted octanol–water partition coefficient (Wildman–Crippen LogP) is 1.58. The summed E-state index contributed by atoms with van der Waals surface area (Å²) >= 11 is 0. The molecule has 0 saturated carbocycles. The minimum atomic E-state index is -0.709. The van der Waals surface area contributed by atoms with E-state index in [2.05, 4.69) is 25.7 Å². The van der Waals surface area contributed by atoms with Crippen LogP contribution < -0.4 is 0 Å². The second-order valence-electron chi connectivity index (χ2n) is 3.54. The Kier molecular flexibility index (Phi) is 4.90. The molecule has 0 spiro atoms. The Labute approximate surface area is 74.4 Å². The zero-order valence-electron chi connectivity index (χ0n) is 8.37. The molecule has 3 heteroatoms. The van der Waals surface area contributed by atoms with Crippen molar-refractivity contribution in [3.05, 3.63) is 0 Å². The van der Waals surface area contributed by atoms with Gasteiger partial charge in [-0.3, -0.25) is 4.79 Å². The zero-order valence-corrected chi connectivity index (χ0v) is 8.37. The van der Waals surface area contributed by atoms with Crippen LogP contribution in [0.5, 0.6) is 0 Å². The van der Waals surface area contributed by atoms with Crippen LogP contribution in [0.4, 0.5) is 0 Å². The van der Waals surface area contributed by atoms with Crippen LogP contribution in [-0.4, -0.2) is 35.1 Å². The van der Waals surface area contributed by atoms with Gasteiger partial charge >= 0.3 is 5.97 Å². The summed E-state index contributed by atoms with van der Waals surface area (Å²) in [5, 5.41) is 8.46. The molecular weight excluding hydrogens is 154 g/mol. The zero-order chi connectivity index (χ0) is 9.72. The third-order valence-corrected chi connectivity index (χ3v) is 2.29. The maximum Gasteiger partial charge on any atom is 0.303 e.